The molecule has 3 nitrogen and oxygen atoms in total. The second-order valence-electron chi connectivity index (χ2n) is 6.09. The zero-order valence-electron chi connectivity index (χ0n) is 14.8. The van der Waals surface area contributed by atoms with Crippen molar-refractivity contribution in [2.24, 2.45) is 0 Å². The highest BCUT2D eigenvalue weighted by Gasteiger charge is 2.21. The standard InChI is InChI=1S/C21H22N2OS/c1-4-16-10-12-18(13-11-16)20-22-19(14-25-20)21(24)23(3)15(2)17-8-6-5-7-9-17/h5-15H,4H2,1-3H3/t15-/m1/s1. The Hall–Kier alpha value is -2.46. The van der Waals surface area contributed by atoms with Gasteiger partial charge in [-0.05, 0) is 24.5 Å². The molecule has 0 spiro atoms. The third-order valence-electron chi connectivity index (χ3n) is 4.52. The van der Waals surface area contributed by atoms with Crippen LogP contribution in [0.15, 0.2) is 60.0 Å². The van der Waals surface area contributed by atoms with E-state index in [1.165, 1.54) is 16.9 Å². The first-order valence-electron chi connectivity index (χ1n) is 8.47. The number of hydrogen-bond acceptors (Lipinski definition) is 3. The molecule has 0 saturated carbocycles. The molecule has 2 aromatic carbocycles. The summed E-state index contributed by atoms with van der Waals surface area (Å²) in [6.45, 7) is 4.17. The Balaban J connectivity index is 1.77. The lowest BCUT2D eigenvalue weighted by molar-refractivity contribution is 0.0737. The smallest absolute Gasteiger partial charge is 0.273 e. The molecule has 0 saturated heterocycles. The van der Waals surface area contributed by atoms with Crippen molar-refractivity contribution in [1.29, 1.82) is 0 Å². The van der Waals surface area contributed by atoms with Crippen LogP contribution in [0.4, 0.5) is 0 Å². The maximum atomic E-state index is 12.8. The number of nitrogens with zero attached hydrogens (tertiary/aromatic N) is 2. The Morgan fingerprint density at radius 2 is 1.80 bits per heavy atom. The van der Waals surface area contributed by atoms with E-state index in [0.717, 1.165) is 22.6 Å². The fourth-order valence-corrected chi connectivity index (χ4v) is 3.50. The number of aromatic nitrogens is 1. The number of aryl methyl sites for hydroxylation is 1. The second kappa shape index (κ2) is 7.62. The zero-order valence-corrected chi connectivity index (χ0v) is 15.6. The van der Waals surface area contributed by atoms with Gasteiger partial charge in [0.05, 0.1) is 6.04 Å². The lowest BCUT2D eigenvalue weighted by Gasteiger charge is -2.24. The van der Waals surface area contributed by atoms with Gasteiger partial charge in [0.2, 0.25) is 0 Å². The van der Waals surface area contributed by atoms with Crippen LogP contribution in [0.5, 0.6) is 0 Å². The van der Waals surface area contributed by atoms with Gasteiger partial charge in [-0.25, -0.2) is 4.98 Å². The fraction of sp³-hybridized carbons (Fsp3) is 0.238. The Morgan fingerprint density at radius 3 is 2.44 bits per heavy atom. The maximum Gasteiger partial charge on any atom is 0.273 e. The van der Waals surface area contributed by atoms with Gasteiger partial charge in [0.25, 0.3) is 5.91 Å². The molecular formula is C21H22N2OS. The minimum Gasteiger partial charge on any atom is -0.334 e. The number of carbonyl (C=O) groups excluding carboxylic acids is 1. The van der Waals surface area contributed by atoms with Crippen molar-refractivity contribution in [2.45, 2.75) is 26.3 Å². The van der Waals surface area contributed by atoms with Crippen molar-refractivity contribution >= 4 is 17.2 Å². The lowest BCUT2D eigenvalue weighted by atomic mass is 10.1. The predicted molar refractivity (Wildman–Crippen MR) is 104 cm³/mol. The van der Waals surface area contributed by atoms with Gasteiger partial charge in [-0.2, -0.15) is 0 Å². The first-order valence-corrected chi connectivity index (χ1v) is 9.35. The Kier molecular flexibility index (Phi) is 5.29. The molecule has 25 heavy (non-hydrogen) atoms. The van der Waals surface area contributed by atoms with Crippen LogP contribution in [0, 0.1) is 0 Å². The van der Waals surface area contributed by atoms with Crippen LogP contribution in [0.2, 0.25) is 0 Å². The summed E-state index contributed by atoms with van der Waals surface area (Å²) in [4.78, 5) is 19.1. The summed E-state index contributed by atoms with van der Waals surface area (Å²) in [6.07, 6.45) is 1.02. The van der Waals surface area contributed by atoms with Crippen molar-refractivity contribution in [2.75, 3.05) is 7.05 Å². The first kappa shape index (κ1) is 17.4. The number of hydrogen-bond donors (Lipinski definition) is 0. The van der Waals surface area contributed by atoms with Gasteiger partial charge < -0.3 is 4.90 Å². The highest BCUT2D eigenvalue weighted by molar-refractivity contribution is 7.13. The van der Waals surface area contributed by atoms with Gasteiger partial charge in [-0.3, -0.25) is 4.79 Å². The highest BCUT2D eigenvalue weighted by Crippen LogP contribution is 2.26. The third-order valence-corrected chi connectivity index (χ3v) is 5.41. The summed E-state index contributed by atoms with van der Waals surface area (Å²) in [5.41, 5.74) is 3.97. The maximum absolute atomic E-state index is 12.8. The van der Waals surface area contributed by atoms with Gasteiger partial charge >= 0.3 is 0 Å². The molecule has 0 N–H and O–H groups in total. The zero-order chi connectivity index (χ0) is 17.8. The van der Waals surface area contributed by atoms with Gasteiger partial charge in [0.1, 0.15) is 10.7 Å². The van der Waals surface area contributed by atoms with Gasteiger partial charge in [-0.1, -0.05) is 61.5 Å². The van der Waals surface area contributed by atoms with E-state index in [4.69, 9.17) is 0 Å². The van der Waals surface area contributed by atoms with Gasteiger partial charge in [-0.15, -0.1) is 11.3 Å². The summed E-state index contributed by atoms with van der Waals surface area (Å²) in [7, 11) is 1.83. The summed E-state index contributed by atoms with van der Waals surface area (Å²) >= 11 is 1.51. The van der Waals surface area contributed by atoms with Crippen LogP contribution in [-0.4, -0.2) is 22.8 Å². The molecule has 3 aromatic rings. The molecule has 0 aliphatic heterocycles. The monoisotopic (exact) mass is 350 g/mol. The van der Waals surface area contributed by atoms with E-state index < -0.39 is 0 Å². The normalized spacial score (nSPS) is 12.0. The Labute approximate surface area is 153 Å². The number of rotatable bonds is 5. The second-order valence-corrected chi connectivity index (χ2v) is 6.95. The molecule has 128 valence electrons. The third kappa shape index (κ3) is 3.80. The SMILES string of the molecule is CCc1ccc(-c2nc(C(=O)N(C)[C@H](C)c3ccccc3)cs2)cc1. The van der Waals surface area contributed by atoms with E-state index >= 15 is 0 Å². The van der Waals surface area contributed by atoms with E-state index in [-0.39, 0.29) is 11.9 Å². The molecule has 0 aliphatic carbocycles. The van der Waals surface area contributed by atoms with E-state index in [1.807, 2.05) is 49.7 Å². The van der Waals surface area contributed by atoms with Crippen LogP contribution >= 0.6 is 11.3 Å². The molecule has 1 aromatic heterocycles. The van der Waals surface area contributed by atoms with Gasteiger partial charge in [0.15, 0.2) is 0 Å². The van der Waals surface area contributed by atoms with Crippen molar-refractivity contribution < 1.29 is 4.79 Å². The molecule has 1 amide bonds. The van der Waals surface area contributed by atoms with E-state index in [2.05, 4.69) is 36.2 Å². The highest BCUT2D eigenvalue weighted by atomic mass is 32.1. The van der Waals surface area contributed by atoms with Crippen molar-refractivity contribution in [3.63, 3.8) is 0 Å². The predicted octanol–water partition coefficient (Wildman–Crippen LogP) is 5.21. The minimum absolute atomic E-state index is 0.00249. The summed E-state index contributed by atoms with van der Waals surface area (Å²) in [5.74, 6) is -0.0518. The number of benzene rings is 2. The van der Waals surface area contributed by atoms with Crippen molar-refractivity contribution in [1.82, 2.24) is 9.88 Å². The number of carbonyl (C=O) groups is 1. The number of amides is 1. The molecule has 1 atom stereocenters. The largest absolute Gasteiger partial charge is 0.334 e. The van der Waals surface area contributed by atoms with Crippen LogP contribution in [0.3, 0.4) is 0 Å². The fourth-order valence-electron chi connectivity index (χ4n) is 2.70. The quantitative estimate of drug-likeness (QED) is 0.633. The molecular weight excluding hydrogens is 328 g/mol. The van der Waals surface area contributed by atoms with Crippen molar-refractivity contribution in [3.8, 4) is 10.6 Å². The van der Waals surface area contributed by atoms with E-state index in [1.54, 1.807) is 4.90 Å². The summed E-state index contributed by atoms with van der Waals surface area (Å²) in [5, 5.41) is 2.73. The Bertz CT molecular complexity index is 840. The van der Waals surface area contributed by atoms with Crippen LogP contribution in [0.1, 0.15) is 41.5 Å². The molecule has 0 aliphatic rings. The first-order chi connectivity index (χ1) is 12.1. The summed E-state index contributed by atoms with van der Waals surface area (Å²) in [6, 6.07) is 18.4. The van der Waals surface area contributed by atoms with Gasteiger partial charge in [0, 0.05) is 18.0 Å². The minimum atomic E-state index is -0.0518. The molecule has 0 radical (unpaired) electrons. The molecule has 0 fully saturated rings. The molecule has 4 heteroatoms. The lowest BCUT2D eigenvalue weighted by Crippen LogP contribution is -2.29. The molecule has 0 unspecified atom stereocenters. The van der Waals surface area contributed by atoms with Crippen LogP contribution in [0.25, 0.3) is 10.6 Å². The van der Waals surface area contributed by atoms with Crippen molar-refractivity contribution in [3.05, 3.63) is 76.8 Å². The molecule has 3 rings (SSSR count). The van der Waals surface area contributed by atoms with Crippen LogP contribution < -0.4 is 0 Å². The molecule has 0 bridgehead atoms. The molecule has 1 heterocycles. The van der Waals surface area contributed by atoms with Crippen LogP contribution in [-0.2, 0) is 6.42 Å². The average molecular weight is 350 g/mol. The Morgan fingerprint density at radius 1 is 1.12 bits per heavy atom. The van der Waals surface area contributed by atoms with E-state index in [0.29, 0.717) is 5.69 Å². The number of thiazole rings is 1. The van der Waals surface area contributed by atoms with E-state index in [9.17, 15) is 4.79 Å². The average Bonchev–Trinajstić information content (AvgIpc) is 3.17. The topological polar surface area (TPSA) is 33.2 Å². The summed E-state index contributed by atoms with van der Waals surface area (Å²) < 4.78 is 0.